The zero-order valence-corrected chi connectivity index (χ0v) is 11.8. The lowest BCUT2D eigenvalue weighted by atomic mass is 10.00. The number of hydrogen-bond donors (Lipinski definition) is 1. The van der Waals surface area contributed by atoms with E-state index < -0.39 is 6.04 Å². The average molecular weight is 285 g/mol. The molecule has 0 saturated carbocycles. The minimum absolute atomic E-state index is 0.314. The predicted octanol–water partition coefficient (Wildman–Crippen LogP) is 1.53. The van der Waals surface area contributed by atoms with Gasteiger partial charge in [-0.2, -0.15) is 10.1 Å². The molecule has 2 aromatic rings. The highest BCUT2D eigenvalue weighted by atomic mass is 16.5. The molecule has 0 fully saturated rings. The summed E-state index contributed by atoms with van der Waals surface area (Å²) in [7, 11) is 0. The molecule has 0 spiro atoms. The van der Waals surface area contributed by atoms with Crippen LogP contribution in [0, 0.1) is 0 Å². The fourth-order valence-corrected chi connectivity index (χ4v) is 2.38. The van der Waals surface area contributed by atoms with Crippen LogP contribution in [0.2, 0.25) is 0 Å². The van der Waals surface area contributed by atoms with Crippen molar-refractivity contribution < 1.29 is 9.53 Å². The number of pyridine rings is 1. The first-order valence-electron chi connectivity index (χ1n) is 6.67. The number of anilines is 1. The molecule has 1 N–H and O–H groups in total. The van der Waals surface area contributed by atoms with Crippen molar-refractivity contribution in [2.45, 2.75) is 19.9 Å². The molecule has 0 aromatic carbocycles. The number of fused-ring (bicyclic) bond motifs is 1. The summed E-state index contributed by atoms with van der Waals surface area (Å²) in [6.07, 6.45) is 3.13. The normalized spacial score (nSPS) is 17.1. The molecule has 7 nitrogen and oxygen atoms in total. The Morgan fingerprint density at radius 2 is 2.29 bits per heavy atom. The fraction of sp³-hybridized carbons (Fsp3) is 0.286. The number of hydrogen-bond acceptors (Lipinski definition) is 6. The van der Waals surface area contributed by atoms with E-state index in [2.05, 4.69) is 20.4 Å². The second-order valence-corrected chi connectivity index (χ2v) is 4.57. The van der Waals surface area contributed by atoms with Gasteiger partial charge in [0.1, 0.15) is 12.4 Å². The van der Waals surface area contributed by atoms with Crippen molar-refractivity contribution in [3.63, 3.8) is 0 Å². The van der Waals surface area contributed by atoms with Gasteiger partial charge >= 0.3 is 5.97 Å². The van der Waals surface area contributed by atoms with Crippen LogP contribution in [-0.4, -0.2) is 32.3 Å². The van der Waals surface area contributed by atoms with E-state index in [1.165, 1.54) is 6.33 Å². The second-order valence-electron chi connectivity index (χ2n) is 4.57. The van der Waals surface area contributed by atoms with Gasteiger partial charge in [0.25, 0.3) is 0 Å². The molecule has 108 valence electrons. The van der Waals surface area contributed by atoms with Crippen molar-refractivity contribution in [1.82, 2.24) is 19.7 Å². The van der Waals surface area contributed by atoms with Gasteiger partial charge in [-0.3, -0.25) is 4.98 Å². The Bertz CT molecular complexity index is 692. The third-order valence-electron chi connectivity index (χ3n) is 3.26. The lowest BCUT2D eigenvalue weighted by molar-refractivity contribution is -0.139. The monoisotopic (exact) mass is 285 g/mol. The van der Waals surface area contributed by atoms with Gasteiger partial charge in [-0.25, -0.2) is 9.48 Å². The summed E-state index contributed by atoms with van der Waals surface area (Å²) in [4.78, 5) is 20.8. The lowest BCUT2D eigenvalue weighted by Crippen LogP contribution is -2.30. The molecule has 7 heteroatoms. The van der Waals surface area contributed by atoms with Crippen molar-refractivity contribution in [1.29, 1.82) is 0 Å². The smallest absolute Gasteiger partial charge is 0.338 e. The molecule has 0 saturated heterocycles. The van der Waals surface area contributed by atoms with Crippen LogP contribution in [0.5, 0.6) is 0 Å². The van der Waals surface area contributed by atoms with E-state index in [0.717, 1.165) is 0 Å². The summed E-state index contributed by atoms with van der Waals surface area (Å²) in [5.41, 5.74) is 1.91. The summed E-state index contributed by atoms with van der Waals surface area (Å²) in [6, 6.07) is 5.12. The van der Waals surface area contributed by atoms with Crippen molar-refractivity contribution in [2.75, 3.05) is 11.9 Å². The zero-order valence-electron chi connectivity index (χ0n) is 11.8. The van der Waals surface area contributed by atoms with E-state index in [1.807, 2.05) is 25.1 Å². The van der Waals surface area contributed by atoms with Gasteiger partial charge in [0.15, 0.2) is 0 Å². The molecule has 1 aliphatic rings. The van der Waals surface area contributed by atoms with Crippen LogP contribution >= 0.6 is 0 Å². The number of allylic oxidation sites excluding steroid dienone is 1. The molecule has 3 rings (SSSR count). The summed E-state index contributed by atoms with van der Waals surface area (Å²) in [5, 5.41) is 7.27. The Morgan fingerprint density at radius 1 is 1.43 bits per heavy atom. The van der Waals surface area contributed by atoms with E-state index in [1.54, 1.807) is 17.8 Å². The molecule has 0 aliphatic carbocycles. The van der Waals surface area contributed by atoms with Gasteiger partial charge in [0.2, 0.25) is 5.95 Å². The minimum atomic E-state index is -0.441. The van der Waals surface area contributed by atoms with Gasteiger partial charge in [-0.1, -0.05) is 6.07 Å². The van der Waals surface area contributed by atoms with E-state index in [-0.39, 0.29) is 5.97 Å². The molecule has 1 atom stereocenters. The van der Waals surface area contributed by atoms with Crippen LogP contribution in [0.4, 0.5) is 5.95 Å². The zero-order chi connectivity index (χ0) is 14.8. The lowest BCUT2D eigenvalue weighted by Gasteiger charge is -2.27. The summed E-state index contributed by atoms with van der Waals surface area (Å²) in [5.74, 6) is 0.204. The van der Waals surface area contributed by atoms with Crippen molar-refractivity contribution in [2.24, 2.45) is 0 Å². The van der Waals surface area contributed by atoms with Gasteiger partial charge in [0.05, 0.1) is 17.9 Å². The summed E-state index contributed by atoms with van der Waals surface area (Å²) >= 11 is 0. The standard InChI is InChI=1S/C14H15N5O2/c1-3-21-13(20)11-9(2)18-14-16-8-17-19(14)12(11)10-6-4-5-7-15-10/h4-8,12H,3H2,1-2H3,(H,16,17,18)/t12-/m0/s1. The van der Waals surface area contributed by atoms with Crippen LogP contribution in [-0.2, 0) is 9.53 Å². The molecule has 0 amide bonds. The predicted molar refractivity (Wildman–Crippen MR) is 75.4 cm³/mol. The van der Waals surface area contributed by atoms with Crippen LogP contribution in [0.3, 0.4) is 0 Å². The third-order valence-corrected chi connectivity index (χ3v) is 3.26. The Hall–Kier alpha value is -2.70. The molecule has 0 bridgehead atoms. The average Bonchev–Trinajstić information content (AvgIpc) is 2.94. The van der Waals surface area contributed by atoms with Crippen LogP contribution < -0.4 is 5.32 Å². The van der Waals surface area contributed by atoms with Crippen LogP contribution in [0.1, 0.15) is 25.6 Å². The van der Waals surface area contributed by atoms with Crippen molar-refractivity contribution in [3.8, 4) is 0 Å². The quantitative estimate of drug-likeness (QED) is 0.861. The summed E-state index contributed by atoms with van der Waals surface area (Å²) in [6.45, 7) is 3.91. The number of nitrogens with zero attached hydrogens (tertiary/aromatic N) is 4. The molecular weight excluding hydrogens is 270 g/mol. The Balaban J connectivity index is 2.13. The number of carbonyl (C=O) groups excluding carboxylic acids is 1. The van der Waals surface area contributed by atoms with Crippen LogP contribution in [0.25, 0.3) is 0 Å². The molecule has 0 radical (unpaired) electrons. The maximum atomic E-state index is 12.3. The van der Waals surface area contributed by atoms with Gasteiger partial charge in [-0.05, 0) is 26.0 Å². The number of esters is 1. The fourth-order valence-electron chi connectivity index (χ4n) is 2.38. The highest BCUT2D eigenvalue weighted by Crippen LogP contribution is 2.33. The third kappa shape index (κ3) is 2.26. The first-order chi connectivity index (χ1) is 10.2. The van der Waals surface area contributed by atoms with E-state index in [9.17, 15) is 4.79 Å². The molecule has 0 unspecified atom stereocenters. The minimum Gasteiger partial charge on any atom is -0.463 e. The number of nitrogens with one attached hydrogen (secondary N) is 1. The number of carbonyl (C=O) groups is 1. The number of rotatable bonds is 3. The number of ether oxygens (including phenoxy) is 1. The van der Waals surface area contributed by atoms with Gasteiger partial charge in [0, 0.05) is 11.9 Å². The SMILES string of the molecule is CCOC(=O)C1=C(C)Nc2ncnn2[C@H]1c1ccccn1. The second kappa shape index (κ2) is 5.35. The molecular formula is C14H15N5O2. The molecule has 21 heavy (non-hydrogen) atoms. The first kappa shape index (κ1) is 13.3. The van der Waals surface area contributed by atoms with Crippen LogP contribution in [0.15, 0.2) is 42.0 Å². The van der Waals surface area contributed by atoms with Gasteiger partial charge < -0.3 is 10.1 Å². The Morgan fingerprint density at radius 3 is 3.00 bits per heavy atom. The molecule has 3 heterocycles. The van der Waals surface area contributed by atoms with Gasteiger partial charge in [-0.15, -0.1) is 0 Å². The molecule has 2 aromatic heterocycles. The van der Waals surface area contributed by atoms with E-state index in [4.69, 9.17) is 4.74 Å². The highest BCUT2D eigenvalue weighted by molar-refractivity contribution is 5.92. The summed E-state index contributed by atoms with van der Waals surface area (Å²) < 4.78 is 6.81. The van der Waals surface area contributed by atoms with E-state index in [0.29, 0.717) is 29.5 Å². The maximum absolute atomic E-state index is 12.3. The largest absolute Gasteiger partial charge is 0.463 e. The Labute approximate surface area is 121 Å². The molecule has 1 aliphatic heterocycles. The van der Waals surface area contributed by atoms with E-state index >= 15 is 0 Å². The number of aromatic nitrogens is 4. The maximum Gasteiger partial charge on any atom is 0.338 e. The van der Waals surface area contributed by atoms with Crippen molar-refractivity contribution >= 4 is 11.9 Å². The van der Waals surface area contributed by atoms with Crippen molar-refractivity contribution in [3.05, 3.63) is 47.7 Å². The Kier molecular flexibility index (Phi) is 3.39. The highest BCUT2D eigenvalue weighted by Gasteiger charge is 2.34. The first-order valence-corrected chi connectivity index (χ1v) is 6.67. The topological polar surface area (TPSA) is 81.9 Å².